The van der Waals surface area contributed by atoms with Crippen LogP contribution in [0.2, 0.25) is 0 Å². The lowest BCUT2D eigenvalue weighted by molar-refractivity contribution is -0.362. The molecule has 0 unspecified atom stereocenters. The molecule has 0 spiro atoms. The minimum atomic E-state index is -0.229. The molecule has 0 saturated carbocycles. The molecule has 0 atom stereocenters. The molecule has 5 rings (SSSR count). The zero-order valence-electron chi connectivity index (χ0n) is 17.1. The first-order valence-corrected chi connectivity index (χ1v) is 12.3. The SMILES string of the molecule is Cc1cc[nH+]c(N(C(=O)c2cc3c(s2)CCCC3)C(=O)c2cc3c(s2)CCCC3)c1. The fraction of sp³-hybridized carbons (Fsp3) is 0.375. The number of fused-ring (bicyclic) bond motifs is 2. The number of H-pyrrole nitrogens is 1. The molecule has 6 heteroatoms. The Labute approximate surface area is 184 Å². The highest BCUT2D eigenvalue weighted by atomic mass is 32.1. The summed E-state index contributed by atoms with van der Waals surface area (Å²) in [6.07, 6.45) is 10.6. The van der Waals surface area contributed by atoms with Crippen molar-refractivity contribution in [3.05, 3.63) is 66.7 Å². The van der Waals surface area contributed by atoms with Gasteiger partial charge in [-0.15, -0.1) is 27.6 Å². The number of hydrogen-bond donors (Lipinski definition) is 0. The Morgan fingerprint density at radius 2 is 1.37 bits per heavy atom. The molecule has 0 fully saturated rings. The van der Waals surface area contributed by atoms with Gasteiger partial charge in [-0.3, -0.25) is 0 Å². The maximum atomic E-state index is 13.6. The molecule has 0 aromatic carbocycles. The molecule has 30 heavy (non-hydrogen) atoms. The van der Waals surface area contributed by atoms with Crippen LogP contribution in [0.5, 0.6) is 0 Å². The second-order valence-corrected chi connectivity index (χ2v) is 10.5. The molecule has 3 aromatic heterocycles. The standard InChI is InChI=1S/C24H24N2O2S2/c1-15-10-11-25-22(12-15)26(23(27)20-13-16-6-2-4-8-18(16)29-20)24(28)21-14-17-7-3-5-9-19(17)30-21/h10-14H,2-9H2,1H3/p+1. The largest absolute Gasteiger partial charge is 0.359 e. The number of aromatic amines is 1. The predicted octanol–water partition coefficient (Wildman–Crippen LogP) is 5.18. The summed E-state index contributed by atoms with van der Waals surface area (Å²) >= 11 is 3.11. The average molecular weight is 438 g/mol. The number of aryl methyl sites for hydroxylation is 5. The highest BCUT2D eigenvalue weighted by Gasteiger charge is 2.37. The molecule has 154 valence electrons. The van der Waals surface area contributed by atoms with Crippen LogP contribution in [0.15, 0.2) is 30.5 Å². The van der Waals surface area contributed by atoms with E-state index in [1.807, 2.05) is 31.2 Å². The summed E-state index contributed by atoms with van der Waals surface area (Å²) in [6, 6.07) is 7.83. The normalized spacial score (nSPS) is 15.4. The third-order valence-corrected chi connectivity index (χ3v) is 8.45. The molecule has 3 heterocycles. The number of carbonyl (C=O) groups is 2. The van der Waals surface area contributed by atoms with Gasteiger partial charge in [0.05, 0.1) is 6.20 Å². The lowest BCUT2D eigenvalue weighted by Crippen LogP contribution is -2.39. The summed E-state index contributed by atoms with van der Waals surface area (Å²) in [5, 5.41) is 0. The molecule has 4 nitrogen and oxygen atoms in total. The van der Waals surface area contributed by atoms with Gasteiger partial charge in [0.15, 0.2) is 0 Å². The van der Waals surface area contributed by atoms with Crippen LogP contribution in [-0.2, 0) is 25.7 Å². The molecule has 2 aliphatic carbocycles. The minimum Gasteiger partial charge on any atom is -0.247 e. The molecular weight excluding hydrogens is 412 g/mol. The summed E-state index contributed by atoms with van der Waals surface area (Å²) in [4.78, 5) is 35.7. The Morgan fingerprint density at radius 1 is 0.833 bits per heavy atom. The van der Waals surface area contributed by atoms with Gasteiger partial charge in [-0.1, -0.05) is 0 Å². The topological polar surface area (TPSA) is 51.5 Å². The van der Waals surface area contributed by atoms with Crippen molar-refractivity contribution in [2.24, 2.45) is 0 Å². The van der Waals surface area contributed by atoms with Crippen LogP contribution >= 0.6 is 22.7 Å². The fourth-order valence-corrected chi connectivity index (χ4v) is 6.78. The van der Waals surface area contributed by atoms with Crippen LogP contribution in [-0.4, -0.2) is 11.8 Å². The number of imide groups is 1. The van der Waals surface area contributed by atoms with Gasteiger partial charge in [0.2, 0.25) is 0 Å². The van der Waals surface area contributed by atoms with Crippen molar-refractivity contribution in [3.8, 4) is 0 Å². The van der Waals surface area contributed by atoms with Crippen molar-refractivity contribution in [2.45, 2.75) is 58.3 Å². The van der Waals surface area contributed by atoms with Crippen molar-refractivity contribution in [2.75, 3.05) is 4.90 Å². The first-order chi connectivity index (χ1) is 14.6. The van der Waals surface area contributed by atoms with Gasteiger partial charge in [-0.25, -0.2) is 14.6 Å². The van der Waals surface area contributed by atoms with Gasteiger partial charge in [-0.05, 0) is 93.2 Å². The Kier molecular flexibility index (Phi) is 5.29. The number of anilines is 1. The number of carbonyl (C=O) groups excluding carboxylic acids is 2. The number of nitrogens with one attached hydrogen (secondary N) is 1. The van der Waals surface area contributed by atoms with Gasteiger partial charge in [0, 0.05) is 15.8 Å². The summed E-state index contributed by atoms with van der Waals surface area (Å²) in [5.74, 6) is 0.0722. The molecule has 0 radical (unpaired) electrons. The van der Waals surface area contributed by atoms with Crippen LogP contribution in [0.3, 0.4) is 0 Å². The third kappa shape index (κ3) is 3.63. The Bertz CT molecular complexity index is 1010. The number of hydrogen-bond acceptors (Lipinski definition) is 4. The van der Waals surface area contributed by atoms with Gasteiger partial charge < -0.3 is 0 Å². The summed E-state index contributed by atoms with van der Waals surface area (Å²) in [6.45, 7) is 1.97. The van der Waals surface area contributed by atoms with E-state index in [-0.39, 0.29) is 11.8 Å². The number of aromatic nitrogens is 1. The van der Waals surface area contributed by atoms with Gasteiger partial charge in [0.1, 0.15) is 9.75 Å². The summed E-state index contributed by atoms with van der Waals surface area (Å²) in [5.41, 5.74) is 3.56. The maximum Gasteiger partial charge on any atom is 0.359 e. The first-order valence-electron chi connectivity index (χ1n) is 10.7. The fourth-order valence-electron chi connectivity index (χ4n) is 4.42. The van der Waals surface area contributed by atoms with Crippen molar-refractivity contribution in [3.63, 3.8) is 0 Å². The highest BCUT2D eigenvalue weighted by molar-refractivity contribution is 7.15. The Morgan fingerprint density at radius 3 is 1.87 bits per heavy atom. The highest BCUT2D eigenvalue weighted by Crippen LogP contribution is 2.33. The van der Waals surface area contributed by atoms with Crippen LogP contribution in [0.25, 0.3) is 0 Å². The minimum absolute atomic E-state index is 0.229. The van der Waals surface area contributed by atoms with Crippen molar-refractivity contribution >= 4 is 40.3 Å². The van der Waals surface area contributed by atoms with Crippen LogP contribution < -0.4 is 9.88 Å². The monoisotopic (exact) mass is 437 g/mol. The third-order valence-electron chi connectivity index (χ3n) is 6.00. The molecule has 2 aliphatic rings. The molecule has 0 bridgehead atoms. The second kappa shape index (κ2) is 8.08. The van der Waals surface area contributed by atoms with Crippen molar-refractivity contribution < 1.29 is 14.6 Å². The predicted molar refractivity (Wildman–Crippen MR) is 121 cm³/mol. The number of amides is 2. The molecule has 0 saturated heterocycles. The lowest BCUT2D eigenvalue weighted by Gasteiger charge is -2.11. The Hall–Kier alpha value is -2.31. The molecule has 2 amide bonds. The van der Waals surface area contributed by atoms with Crippen LogP contribution in [0.4, 0.5) is 5.82 Å². The van der Waals surface area contributed by atoms with E-state index >= 15 is 0 Å². The van der Waals surface area contributed by atoms with E-state index in [1.54, 1.807) is 28.9 Å². The quantitative estimate of drug-likeness (QED) is 0.530. The molecule has 3 aromatic rings. The van der Waals surface area contributed by atoms with E-state index in [9.17, 15) is 9.59 Å². The van der Waals surface area contributed by atoms with Crippen molar-refractivity contribution in [1.82, 2.24) is 0 Å². The second-order valence-electron chi connectivity index (χ2n) is 8.23. The van der Waals surface area contributed by atoms with Crippen LogP contribution in [0, 0.1) is 6.92 Å². The van der Waals surface area contributed by atoms with E-state index in [4.69, 9.17) is 0 Å². The average Bonchev–Trinajstić information content (AvgIpc) is 3.38. The number of nitrogens with zero attached hydrogens (tertiary/aromatic N) is 1. The van der Waals surface area contributed by atoms with E-state index in [0.29, 0.717) is 15.6 Å². The van der Waals surface area contributed by atoms with Gasteiger partial charge in [0.25, 0.3) is 5.82 Å². The van der Waals surface area contributed by atoms with E-state index in [2.05, 4.69) is 4.98 Å². The van der Waals surface area contributed by atoms with Gasteiger partial charge in [-0.2, -0.15) is 0 Å². The number of pyridine rings is 1. The summed E-state index contributed by atoms with van der Waals surface area (Å²) < 4.78 is 0. The van der Waals surface area contributed by atoms with E-state index in [1.165, 1.54) is 51.5 Å². The Balaban J connectivity index is 1.55. The zero-order chi connectivity index (χ0) is 20.7. The smallest absolute Gasteiger partial charge is 0.247 e. The molecule has 1 N–H and O–H groups in total. The van der Waals surface area contributed by atoms with Gasteiger partial charge >= 0.3 is 11.8 Å². The van der Waals surface area contributed by atoms with Crippen LogP contribution in [0.1, 0.15) is 71.5 Å². The lowest BCUT2D eigenvalue weighted by atomic mass is 9.99. The van der Waals surface area contributed by atoms with Crippen molar-refractivity contribution in [1.29, 1.82) is 0 Å². The number of thiophene rings is 2. The molecule has 0 aliphatic heterocycles. The number of rotatable bonds is 3. The molecular formula is C24H25N2O2S2+. The first kappa shape index (κ1) is 19.6. The summed E-state index contributed by atoms with van der Waals surface area (Å²) in [7, 11) is 0. The zero-order valence-corrected chi connectivity index (χ0v) is 18.8. The van der Waals surface area contributed by atoms with E-state index in [0.717, 1.165) is 31.2 Å². The van der Waals surface area contributed by atoms with E-state index < -0.39 is 0 Å². The maximum absolute atomic E-state index is 13.6.